The van der Waals surface area contributed by atoms with Gasteiger partial charge in [0, 0.05) is 0 Å². The lowest BCUT2D eigenvalue weighted by Crippen LogP contribution is -2.13. The third-order valence-electron chi connectivity index (χ3n) is 1.97. The number of H-pyrrole nitrogens is 2. The molecule has 0 aliphatic carbocycles. The second-order valence-electron chi connectivity index (χ2n) is 2.94. The second-order valence-corrected chi connectivity index (χ2v) is 3.33. The van der Waals surface area contributed by atoms with Crippen molar-refractivity contribution in [2.75, 3.05) is 0 Å². The molecule has 4 N–H and O–H groups in total. The Kier molecular flexibility index (Phi) is 2.43. The van der Waals surface area contributed by atoms with Gasteiger partial charge in [0.15, 0.2) is 0 Å². The predicted octanol–water partition coefficient (Wildman–Crippen LogP) is 1.52. The van der Waals surface area contributed by atoms with Gasteiger partial charge in [0.25, 0.3) is 0 Å². The number of rotatable bonds is 2. The summed E-state index contributed by atoms with van der Waals surface area (Å²) in [5.74, 6) is 0.654. The molecule has 5 heteroatoms. The minimum absolute atomic E-state index is 0.260. The van der Waals surface area contributed by atoms with Gasteiger partial charge >= 0.3 is 0 Å². The van der Waals surface area contributed by atoms with Crippen LogP contribution in [0, 0.1) is 4.77 Å². The quantitative estimate of drug-likeness (QED) is 0.652. The minimum atomic E-state index is -0.260. The Morgan fingerprint density at radius 3 is 2.50 bits per heavy atom. The first-order valence-corrected chi connectivity index (χ1v) is 4.63. The number of aromatic amines is 2. The highest BCUT2D eigenvalue weighted by Crippen LogP contribution is 2.14. The van der Waals surface area contributed by atoms with Crippen molar-refractivity contribution < 1.29 is 0 Å². The maximum absolute atomic E-state index is 5.97. The number of aromatic nitrogens is 3. The van der Waals surface area contributed by atoms with Crippen molar-refractivity contribution in [3.05, 3.63) is 46.5 Å². The van der Waals surface area contributed by atoms with E-state index in [0.29, 0.717) is 10.6 Å². The molecule has 14 heavy (non-hydrogen) atoms. The molecule has 2 aromatic rings. The molecule has 0 aliphatic rings. The first-order valence-electron chi connectivity index (χ1n) is 4.22. The molecule has 1 heterocycles. The average molecular weight is 206 g/mol. The molecule has 0 fully saturated rings. The smallest absolute Gasteiger partial charge is 0.213 e. The topological polar surface area (TPSA) is 70.5 Å². The van der Waals surface area contributed by atoms with E-state index in [9.17, 15) is 0 Å². The summed E-state index contributed by atoms with van der Waals surface area (Å²) in [7, 11) is 0. The SMILES string of the molecule is NC(c1ccccc1)c1nc(=S)[nH][nH]1. The third-order valence-corrected chi connectivity index (χ3v) is 2.17. The average Bonchev–Trinajstić information content (AvgIpc) is 2.65. The highest BCUT2D eigenvalue weighted by molar-refractivity contribution is 7.71. The van der Waals surface area contributed by atoms with E-state index in [-0.39, 0.29) is 6.04 Å². The molecule has 0 saturated heterocycles. The molecular weight excluding hydrogens is 196 g/mol. The van der Waals surface area contributed by atoms with Crippen LogP contribution in [0.5, 0.6) is 0 Å². The number of nitrogens with zero attached hydrogens (tertiary/aromatic N) is 1. The Bertz CT molecular complexity index is 459. The number of benzene rings is 1. The monoisotopic (exact) mass is 206 g/mol. The Balaban J connectivity index is 2.33. The molecule has 0 radical (unpaired) electrons. The maximum atomic E-state index is 5.97. The summed E-state index contributed by atoms with van der Waals surface area (Å²) in [6.07, 6.45) is 0. The van der Waals surface area contributed by atoms with E-state index >= 15 is 0 Å². The van der Waals surface area contributed by atoms with Crippen molar-refractivity contribution in [1.29, 1.82) is 0 Å². The van der Waals surface area contributed by atoms with Crippen molar-refractivity contribution in [3.8, 4) is 0 Å². The summed E-state index contributed by atoms with van der Waals surface area (Å²) >= 11 is 4.85. The van der Waals surface area contributed by atoms with Gasteiger partial charge in [-0.25, -0.2) is 4.98 Å². The lowest BCUT2D eigenvalue weighted by molar-refractivity contribution is 0.787. The first-order chi connectivity index (χ1) is 6.77. The van der Waals surface area contributed by atoms with Crippen LogP contribution in [0.15, 0.2) is 30.3 Å². The lowest BCUT2D eigenvalue weighted by atomic mass is 10.1. The number of hydrogen-bond acceptors (Lipinski definition) is 3. The van der Waals surface area contributed by atoms with Crippen LogP contribution in [0.1, 0.15) is 17.4 Å². The molecule has 1 unspecified atom stereocenters. The van der Waals surface area contributed by atoms with E-state index in [0.717, 1.165) is 5.56 Å². The minimum Gasteiger partial charge on any atom is -0.318 e. The molecule has 0 bridgehead atoms. The van der Waals surface area contributed by atoms with Gasteiger partial charge in [-0.1, -0.05) is 30.3 Å². The molecule has 0 spiro atoms. The Morgan fingerprint density at radius 2 is 1.93 bits per heavy atom. The highest BCUT2D eigenvalue weighted by atomic mass is 32.1. The number of nitrogens with two attached hydrogens (primary N) is 1. The van der Waals surface area contributed by atoms with Crippen molar-refractivity contribution >= 4 is 12.2 Å². The molecule has 0 amide bonds. The normalized spacial score (nSPS) is 12.6. The van der Waals surface area contributed by atoms with Crippen molar-refractivity contribution in [2.45, 2.75) is 6.04 Å². The van der Waals surface area contributed by atoms with Gasteiger partial charge in [0.1, 0.15) is 5.82 Å². The van der Waals surface area contributed by atoms with Gasteiger partial charge in [-0.2, -0.15) is 0 Å². The van der Waals surface area contributed by atoms with Crippen LogP contribution < -0.4 is 5.73 Å². The second kappa shape index (κ2) is 3.73. The van der Waals surface area contributed by atoms with Crippen LogP contribution in [0.3, 0.4) is 0 Å². The van der Waals surface area contributed by atoms with Gasteiger partial charge in [-0.3, -0.25) is 10.2 Å². The molecule has 0 saturated carbocycles. The molecule has 4 nitrogen and oxygen atoms in total. The van der Waals surface area contributed by atoms with E-state index in [4.69, 9.17) is 18.0 Å². The fourth-order valence-corrected chi connectivity index (χ4v) is 1.40. The first kappa shape index (κ1) is 9.11. The zero-order chi connectivity index (χ0) is 9.97. The van der Waals surface area contributed by atoms with Crippen LogP contribution in [-0.2, 0) is 0 Å². The third kappa shape index (κ3) is 1.73. The van der Waals surface area contributed by atoms with Crippen LogP contribution in [0.4, 0.5) is 0 Å². The predicted molar refractivity (Wildman–Crippen MR) is 56.2 cm³/mol. The van der Waals surface area contributed by atoms with Gasteiger partial charge < -0.3 is 5.73 Å². The summed E-state index contributed by atoms with van der Waals surface area (Å²) in [5.41, 5.74) is 6.97. The lowest BCUT2D eigenvalue weighted by Gasteiger charge is -2.07. The van der Waals surface area contributed by atoms with Crippen LogP contribution in [0.25, 0.3) is 0 Å². The van der Waals surface area contributed by atoms with Crippen molar-refractivity contribution in [2.24, 2.45) is 5.73 Å². The number of hydrogen-bond donors (Lipinski definition) is 3. The summed E-state index contributed by atoms with van der Waals surface area (Å²) in [6.45, 7) is 0. The fourth-order valence-electron chi connectivity index (χ4n) is 1.25. The molecule has 0 aliphatic heterocycles. The van der Waals surface area contributed by atoms with Gasteiger partial charge in [0.2, 0.25) is 4.77 Å². The molecule has 1 atom stereocenters. The molecule has 72 valence electrons. The van der Waals surface area contributed by atoms with E-state index in [1.807, 2.05) is 30.3 Å². The van der Waals surface area contributed by atoms with Crippen molar-refractivity contribution in [3.63, 3.8) is 0 Å². The van der Waals surface area contributed by atoms with Crippen LogP contribution in [0.2, 0.25) is 0 Å². The maximum Gasteiger partial charge on any atom is 0.213 e. The van der Waals surface area contributed by atoms with Gasteiger partial charge in [-0.15, -0.1) is 0 Å². The summed E-state index contributed by atoms with van der Waals surface area (Å²) in [4.78, 5) is 4.07. The molecule has 2 rings (SSSR count). The summed E-state index contributed by atoms with van der Waals surface area (Å²) in [5, 5.41) is 5.56. The summed E-state index contributed by atoms with van der Waals surface area (Å²) in [6, 6.07) is 9.48. The van der Waals surface area contributed by atoms with E-state index in [1.54, 1.807) is 0 Å². The Hall–Kier alpha value is -1.46. The molecular formula is C9H10N4S. The highest BCUT2D eigenvalue weighted by Gasteiger charge is 2.10. The van der Waals surface area contributed by atoms with E-state index in [2.05, 4.69) is 15.2 Å². The van der Waals surface area contributed by atoms with Crippen LogP contribution in [-0.4, -0.2) is 15.2 Å². The zero-order valence-corrected chi connectivity index (χ0v) is 8.21. The Morgan fingerprint density at radius 1 is 1.21 bits per heavy atom. The van der Waals surface area contributed by atoms with Crippen LogP contribution >= 0.6 is 12.2 Å². The summed E-state index contributed by atoms with van der Waals surface area (Å²) < 4.78 is 0.423. The Labute approximate surface area is 86.2 Å². The zero-order valence-electron chi connectivity index (χ0n) is 7.40. The van der Waals surface area contributed by atoms with Crippen molar-refractivity contribution in [1.82, 2.24) is 15.2 Å². The van der Waals surface area contributed by atoms with Gasteiger partial charge in [0.05, 0.1) is 6.04 Å². The van der Waals surface area contributed by atoms with Gasteiger partial charge in [-0.05, 0) is 17.8 Å². The standard InChI is InChI=1S/C9H10N4S/c10-7(6-4-2-1-3-5-6)8-11-9(14)13-12-8/h1-5,7H,10H2,(H2,11,12,13,14). The number of nitrogens with one attached hydrogen (secondary N) is 2. The molecule has 1 aromatic heterocycles. The van der Waals surface area contributed by atoms with E-state index in [1.165, 1.54) is 0 Å². The molecule has 1 aromatic carbocycles. The fraction of sp³-hybridized carbons (Fsp3) is 0.111. The van der Waals surface area contributed by atoms with E-state index < -0.39 is 0 Å². The largest absolute Gasteiger partial charge is 0.318 e.